The van der Waals surface area contributed by atoms with Crippen LogP contribution in [-0.4, -0.2) is 17.6 Å². The molecule has 1 N–H and O–H groups in total. The van der Waals surface area contributed by atoms with Crippen molar-refractivity contribution < 1.29 is 22.7 Å². The van der Waals surface area contributed by atoms with Crippen LogP contribution in [0.3, 0.4) is 0 Å². The molecule has 1 amide bonds. The van der Waals surface area contributed by atoms with E-state index in [9.17, 15) is 18.4 Å². The van der Waals surface area contributed by atoms with Gasteiger partial charge in [0.15, 0.2) is 5.58 Å². The average Bonchev–Trinajstić information content (AvgIpc) is 3.01. The van der Waals surface area contributed by atoms with E-state index in [-0.39, 0.29) is 11.1 Å². The Bertz CT molecular complexity index is 1340. The van der Waals surface area contributed by atoms with Crippen molar-refractivity contribution in [2.45, 2.75) is 0 Å². The number of oxazole rings is 1. The lowest BCUT2D eigenvalue weighted by atomic mass is 10.0. The number of amides is 1. The lowest BCUT2D eigenvalue weighted by molar-refractivity contribution is 0.102. The number of benzene rings is 3. The van der Waals surface area contributed by atoms with Crippen LogP contribution in [-0.2, 0) is 7.05 Å². The number of carbonyl (C=O) groups is 1. The summed E-state index contributed by atoms with van der Waals surface area (Å²) < 4.78 is 40.2. The Morgan fingerprint density at radius 3 is 2.53 bits per heavy atom. The van der Waals surface area contributed by atoms with Crippen molar-refractivity contribution in [3.8, 4) is 16.9 Å². The fourth-order valence-corrected chi connectivity index (χ4v) is 3.13. The highest BCUT2D eigenvalue weighted by molar-refractivity contribution is 6.05. The van der Waals surface area contributed by atoms with Crippen LogP contribution < -0.4 is 15.8 Å². The van der Waals surface area contributed by atoms with Crippen molar-refractivity contribution in [3.05, 3.63) is 82.3 Å². The average molecular weight is 410 g/mol. The smallest absolute Gasteiger partial charge is 0.419 e. The fraction of sp³-hybridized carbons (Fsp3) is 0.0909. The summed E-state index contributed by atoms with van der Waals surface area (Å²) in [6, 6.07) is 12.7. The van der Waals surface area contributed by atoms with E-state index >= 15 is 0 Å². The zero-order valence-corrected chi connectivity index (χ0v) is 16.0. The molecule has 0 aliphatic rings. The maximum atomic E-state index is 14.6. The van der Waals surface area contributed by atoms with Gasteiger partial charge in [-0.3, -0.25) is 9.36 Å². The first-order valence-corrected chi connectivity index (χ1v) is 8.92. The molecule has 0 atom stereocenters. The van der Waals surface area contributed by atoms with Gasteiger partial charge in [0.25, 0.3) is 5.91 Å². The number of anilines is 1. The molecule has 152 valence electrons. The summed E-state index contributed by atoms with van der Waals surface area (Å²) in [6.45, 7) is 0. The minimum Gasteiger partial charge on any atom is -0.497 e. The molecular weight excluding hydrogens is 394 g/mol. The Kier molecular flexibility index (Phi) is 4.83. The third kappa shape index (κ3) is 3.43. The quantitative estimate of drug-likeness (QED) is 0.543. The van der Waals surface area contributed by atoms with Crippen molar-refractivity contribution in [1.82, 2.24) is 4.57 Å². The van der Waals surface area contributed by atoms with Crippen molar-refractivity contribution >= 4 is 22.7 Å². The second-order valence-corrected chi connectivity index (χ2v) is 6.60. The summed E-state index contributed by atoms with van der Waals surface area (Å²) in [6.07, 6.45) is 0. The predicted octanol–water partition coefficient (Wildman–Crippen LogP) is 4.34. The first-order valence-electron chi connectivity index (χ1n) is 8.92. The van der Waals surface area contributed by atoms with Crippen molar-refractivity contribution in [2.24, 2.45) is 7.05 Å². The molecule has 0 saturated carbocycles. The molecule has 3 aromatic carbocycles. The summed E-state index contributed by atoms with van der Waals surface area (Å²) >= 11 is 0. The van der Waals surface area contributed by atoms with Gasteiger partial charge in [-0.25, -0.2) is 13.6 Å². The van der Waals surface area contributed by atoms with Crippen LogP contribution in [0.15, 0.2) is 63.8 Å². The minimum absolute atomic E-state index is 0.188. The molecule has 4 rings (SSSR count). The molecule has 0 bridgehead atoms. The first-order chi connectivity index (χ1) is 14.4. The summed E-state index contributed by atoms with van der Waals surface area (Å²) in [5.74, 6) is -2.22. The predicted molar refractivity (Wildman–Crippen MR) is 108 cm³/mol. The normalized spacial score (nSPS) is 10.9. The summed E-state index contributed by atoms with van der Waals surface area (Å²) in [7, 11) is 2.96. The van der Waals surface area contributed by atoms with E-state index in [0.717, 1.165) is 6.07 Å². The van der Waals surface area contributed by atoms with E-state index in [4.69, 9.17) is 9.15 Å². The summed E-state index contributed by atoms with van der Waals surface area (Å²) in [4.78, 5) is 24.1. The molecule has 30 heavy (non-hydrogen) atoms. The van der Waals surface area contributed by atoms with Gasteiger partial charge in [0.2, 0.25) is 0 Å². The molecule has 8 heteroatoms. The largest absolute Gasteiger partial charge is 0.497 e. The maximum absolute atomic E-state index is 14.6. The number of hydrogen-bond acceptors (Lipinski definition) is 4. The number of rotatable bonds is 4. The van der Waals surface area contributed by atoms with Crippen LogP contribution in [0.5, 0.6) is 5.75 Å². The van der Waals surface area contributed by atoms with Crippen molar-refractivity contribution in [1.29, 1.82) is 0 Å². The van der Waals surface area contributed by atoms with Gasteiger partial charge in [0.1, 0.15) is 17.4 Å². The van der Waals surface area contributed by atoms with Gasteiger partial charge in [-0.1, -0.05) is 6.07 Å². The van der Waals surface area contributed by atoms with E-state index in [1.807, 2.05) is 0 Å². The molecule has 0 radical (unpaired) electrons. The van der Waals surface area contributed by atoms with Gasteiger partial charge in [-0.15, -0.1) is 0 Å². The highest BCUT2D eigenvalue weighted by Gasteiger charge is 2.16. The van der Waals surface area contributed by atoms with Gasteiger partial charge in [0.05, 0.1) is 18.2 Å². The van der Waals surface area contributed by atoms with Crippen LogP contribution >= 0.6 is 0 Å². The second kappa shape index (κ2) is 7.47. The van der Waals surface area contributed by atoms with Gasteiger partial charge in [0, 0.05) is 24.4 Å². The zero-order valence-electron chi connectivity index (χ0n) is 16.0. The van der Waals surface area contributed by atoms with Crippen LogP contribution in [0.25, 0.3) is 22.2 Å². The number of fused-ring (bicyclic) bond motifs is 1. The first kappa shape index (κ1) is 19.4. The van der Waals surface area contributed by atoms with Gasteiger partial charge < -0.3 is 14.5 Å². The Morgan fingerprint density at radius 2 is 1.83 bits per heavy atom. The molecule has 4 aromatic rings. The third-order valence-electron chi connectivity index (χ3n) is 4.75. The van der Waals surface area contributed by atoms with E-state index < -0.39 is 23.3 Å². The molecule has 0 spiro atoms. The summed E-state index contributed by atoms with van der Waals surface area (Å²) in [5, 5.41) is 2.59. The van der Waals surface area contributed by atoms with Gasteiger partial charge >= 0.3 is 5.76 Å². The highest BCUT2D eigenvalue weighted by atomic mass is 19.1. The zero-order chi connectivity index (χ0) is 21.4. The number of aromatic nitrogens is 1. The molecule has 0 aliphatic heterocycles. The number of nitrogens with one attached hydrogen (secondary N) is 1. The molecule has 1 heterocycles. The molecule has 0 aliphatic carbocycles. The van der Waals surface area contributed by atoms with E-state index in [2.05, 4.69) is 5.32 Å². The molecule has 6 nitrogen and oxygen atoms in total. The molecular formula is C22H16F2N2O4. The van der Waals surface area contributed by atoms with Gasteiger partial charge in [-0.2, -0.15) is 0 Å². The monoisotopic (exact) mass is 410 g/mol. The fourth-order valence-electron chi connectivity index (χ4n) is 3.13. The van der Waals surface area contributed by atoms with Crippen LogP contribution in [0.1, 0.15) is 10.4 Å². The van der Waals surface area contributed by atoms with Crippen molar-refractivity contribution in [3.63, 3.8) is 0 Å². The number of carbonyl (C=O) groups excluding carboxylic acids is 1. The lowest BCUT2D eigenvalue weighted by Gasteiger charge is -2.09. The van der Waals surface area contributed by atoms with E-state index in [1.54, 1.807) is 18.2 Å². The Labute approximate surface area is 169 Å². The van der Waals surface area contributed by atoms with E-state index in [1.165, 1.54) is 49.1 Å². The molecule has 1 aromatic heterocycles. The topological polar surface area (TPSA) is 73.5 Å². The Morgan fingerprint density at radius 1 is 1.03 bits per heavy atom. The summed E-state index contributed by atoms with van der Waals surface area (Å²) in [5.41, 5.74) is 1.51. The van der Waals surface area contributed by atoms with E-state index in [0.29, 0.717) is 28.1 Å². The Hall–Kier alpha value is -3.94. The number of halogens is 2. The Balaban J connectivity index is 1.61. The standard InChI is InChI=1S/C22H16F2N2O4/c1-26-19-10-13(4-8-20(19)30-22(26)28)25-21(27)16-6-3-12(9-17(16)23)15-7-5-14(29-2)11-18(15)24/h3-11H,1-2H3,(H,25,27). The van der Waals surface area contributed by atoms with Crippen LogP contribution in [0.2, 0.25) is 0 Å². The molecule has 0 fully saturated rings. The molecule has 0 unspecified atom stereocenters. The maximum Gasteiger partial charge on any atom is 0.419 e. The highest BCUT2D eigenvalue weighted by Crippen LogP contribution is 2.28. The van der Waals surface area contributed by atoms with Crippen molar-refractivity contribution in [2.75, 3.05) is 12.4 Å². The lowest BCUT2D eigenvalue weighted by Crippen LogP contribution is -2.14. The van der Waals surface area contributed by atoms with Gasteiger partial charge in [-0.05, 0) is 48.0 Å². The molecule has 0 saturated heterocycles. The third-order valence-corrected chi connectivity index (χ3v) is 4.75. The number of ether oxygens (including phenoxy) is 1. The van der Waals surface area contributed by atoms with Crippen LogP contribution in [0.4, 0.5) is 14.5 Å². The minimum atomic E-state index is -0.794. The number of aryl methyl sites for hydroxylation is 1. The second-order valence-electron chi connectivity index (χ2n) is 6.60. The SMILES string of the molecule is COc1ccc(-c2ccc(C(=O)Nc3ccc4oc(=O)n(C)c4c3)c(F)c2)c(F)c1. The van der Waals surface area contributed by atoms with Crippen LogP contribution in [0, 0.1) is 11.6 Å². The number of methoxy groups -OCH3 is 1. The number of nitrogens with zero attached hydrogens (tertiary/aromatic N) is 1. The number of hydrogen-bond donors (Lipinski definition) is 1.